The van der Waals surface area contributed by atoms with Crippen LogP contribution >= 0.6 is 0 Å². The van der Waals surface area contributed by atoms with Crippen LogP contribution in [0.2, 0.25) is 0 Å². The Morgan fingerprint density at radius 3 is 1.82 bits per heavy atom. The first-order valence-corrected chi connectivity index (χ1v) is 9.47. The fourth-order valence-electron chi connectivity index (χ4n) is 3.72. The lowest BCUT2D eigenvalue weighted by Crippen LogP contribution is -2.62. The monoisotopic (exact) mass is 377 g/mol. The van der Waals surface area contributed by atoms with Crippen molar-refractivity contribution in [2.24, 2.45) is 0 Å². The first-order chi connectivity index (χ1) is 13.7. The van der Waals surface area contributed by atoms with Gasteiger partial charge in [0.2, 0.25) is 0 Å². The zero-order valence-corrected chi connectivity index (χ0v) is 15.9. The summed E-state index contributed by atoms with van der Waals surface area (Å²) in [4.78, 5) is 2.17. The number of alkyl halides is 1. The van der Waals surface area contributed by atoms with Crippen molar-refractivity contribution in [3.8, 4) is 11.5 Å². The Labute approximate surface area is 165 Å². The van der Waals surface area contributed by atoms with Crippen LogP contribution in [0, 0.1) is 0 Å². The molecule has 3 nitrogen and oxygen atoms in total. The molecule has 1 saturated heterocycles. The van der Waals surface area contributed by atoms with Gasteiger partial charge >= 0.3 is 0 Å². The molecule has 0 unspecified atom stereocenters. The van der Waals surface area contributed by atoms with Gasteiger partial charge in [-0.3, -0.25) is 4.90 Å². The minimum atomic E-state index is -1.35. The highest BCUT2D eigenvalue weighted by atomic mass is 19.1. The molecule has 1 heterocycles. The molecule has 0 aromatic heterocycles. The van der Waals surface area contributed by atoms with Gasteiger partial charge in [-0.2, -0.15) is 0 Å². The molecular formula is C24H24FNO2. The molecule has 0 bridgehead atoms. The molecule has 4 heteroatoms. The van der Waals surface area contributed by atoms with Gasteiger partial charge < -0.3 is 9.47 Å². The van der Waals surface area contributed by atoms with Crippen molar-refractivity contribution in [1.29, 1.82) is 0 Å². The Balaban J connectivity index is 1.43. The summed E-state index contributed by atoms with van der Waals surface area (Å²) in [5.74, 6) is 1.41. The van der Waals surface area contributed by atoms with Gasteiger partial charge in [-0.1, -0.05) is 60.7 Å². The lowest BCUT2D eigenvalue weighted by Gasteiger charge is -2.48. The van der Waals surface area contributed by atoms with E-state index in [0.717, 1.165) is 5.75 Å². The highest BCUT2D eigenvalue weighted by Gasteiger charge is 2.47. The van der Waals surface area contributed by atoms with E-state index in [9.17, 15) is 0 Å². The summed E-state index contributed by atoms with van der Waals surface area (Å²) in [6.07, 6.45) is 0. The predicted octanol–water partition coefficient (Wildman–Crippen LogP) is 4.89. The van der Waals surface area contributed by atoms with Gasteiger partial charge in [0, 0.05) is 13.1 Å². The number of methoxy groups -OCH3 is 1. The van der Waals surface area contributed by atoms with Crippen molar-refractivity contribution < 1.29 is 13.9 Å². The van der Waals surface area contributed by atoms with Gasteiger partial charge in [0.1, 0.15) is 18.1 Å². The van der Waals surface area contributed by atoms with E-state index in [1.165, 1.54) is 11.1 Å². The largest absolute Gasteiger partial charge is 0.497 e. The van der Waals surface area contributed by atoms with Crippen LogP contribution in [0.4, 0.5) is 4.39 Å². The Hall–Kier alpha value is -2.85. The second kappa shape index (κ2) is 8.03. The van der Waals surface area contributed by atoms with Gasteiger partial charge in [0.05, 0.1) is 13.2 Å². The minimum absolute atomic E-state index is 0.0477. The molecule has 1 fully saturated rings. The SMILES string of the molecule is COc1ccc(OCC2(F)CN(C(c3ccccc3)c3ccccc3)C2)cc1. The zero-order valence-electron chi connectivity index (χ0n) is 15.9. The van der Waals surface area contributed by atoms with E-state index in [1.807, 2.05) is 48.5 Å². The second-order valence-electron chi connectivity index (χ2n) is 7.24. The first kappa shape index (κ1) is 18.5. The topological polar surface area (TPSA) is 21.7 Å². The lowest BCUT2D eigenvalue weighted by atomic mass is 9.89. The van der Waals surface area contributed by atoms with Gasteiger partial charge in [-0.05, 0) is 35.4 Å². The molecule has 0 aliphatic carbocycles. The Morgan fingerprint density at radius 2 is 1.32 bits per heavy atom. The fourth-order valence-corrected chi connectivity index (χ4v) is 3.72. The third-order valence-electron chi connectivity index (χ3n) is 5.13. The van der Waals surface area contributed by atoms with Crippen LogP contribution in [0.25, 0.3) is 0 Å². The molecule has 28 heavy (non-hydrogen) atoms. The van der Waals surface area contributed by atoms with Gasteiger partial charge in [-0.25, -0.2) is 4.39 Å². The summed E-state index contributed by atoms with van der Waals surface area (Å²) in [6.45, 7) is 0.737. The van der Waals surface area contributed by atoms with Gasteiger partial charge in [0.25, 0.3) is 0 Å². The summed E-state index contributed by atoms with van der Waals surface area (Å²) < 4.78 is 26.0. The summed E-state index contributed by atoms with van der Waals surface area (Å²) in [7, 11) is 1.62. The number of hydrogen-bond donors (Lipinski definition) is 0. The highest BCUT2D eigenvalue weighted by Crippen LogP contribution is 2.38. The van der Waals surface area contributed by atoms with Crippen LogP contribution in [0.1, 0.15) is 17.2 Å². The van der Waals surface area contributed by atoms with Crippen molar-refractivity contribution in [2.45, 2.75) is 11.7 Å². The van der Waals surface area contributed by atoms with Crippen molar-refractivity contribution in [3.63, 3.8) is 0 Å². The molecule has 3 aromatic rings. The number of benzene rings is 3. The van der Waals surface area contributed by atoms with Crippen molar-refractivity contribution in [2.75, 3.05) is 26.8 Å². The third kappa shape index (κ3) is 4.02. The quantitative estimate of drug-likeness (QED) is 0.585. The lowest BCUT2D eigenvalue weighted by molar-refractivity contribution is -0.0744. The number of rotatable bonds is 7. The van der Waals surface area contributed by atoms with E-state index in [0.29, 0.717) is 18.8 Å². The van der Waals surface area contributed by atoms with E-state index in [-0.39, 0.29) is 12.6 Å². The van der Waals surface area contributed by atoms with Crippen LogP contribution in [0.5, 0.6) is 11.5 Å². The van der Waals surface area contributed by atoms with Gasteiger partial charge in [-0.15, -0.1) is 0 Å². The molecule has 1 aliphatic heterocycles. The molecule has 0 amide bonds. The average Bonchev–Trinajstić information content (AvgIpc) is 2.73. The molecule has 4 rings (SSSR count). The molecule has 144 valence electrons. The maximum atomic E-state index is 15.2. The zero-order chi connectivity index (χ0) is 19.4. The Bertz CT molecular complexity index is 838. The molecule has 0 N–H and O–H groups in total. The number of hydrogen-bond acceptors (Lipinski definition) is 3. The minimum Gasteiger partial charge on any atom is -0.497 e. The normalized spacial score (nSPS) is 15.8. The van der Waals surface area contributed by atoms with E-state index >= 15 is 4.39 Å². The molecule has 3 aromatic carbocycles. The second-order valence-corrected chi connectivity index (χ2v) is 7.24. The number of halogens is 1. The van der Waals surface area contributed by atoms with Crippen LogP contribution < -0.4 is 9.47 Å². The Morgan fingerprint density at radius 1 is 0.821 bits per heavy atom. The molecule has 0 atom stereocenters. The van der Waals surface area contributed by atoms with E-state index in [2.05, 4.69) is 29.2 Å². The first-order valence-electron chi connectivity index (χ1n) is 9.47. The van der Waals surface area contributed by atoms with Crippen LogP contribution in [0.15, 0.2) is 84.9 Å². The number of ether oxygens (including phenoxy) is 2. The standard InChI is InChI=1S/C24H24FNO2/c1-27-21-12-14-22(15-13-21)28-18-24(25)16-26(17-24)23(19-8-4-2-5-9-19)20-10-6-3-7-11-20/h2-15,23H,16-18H2,1H3. The molecule has 1 aliphatic rings. The molecule has 0 radical (unpaired) electrons. The van der Waals surface area contributed by atoms with Crippen LogP contribution in [-0.2, 0) is 0 Å². The number of nitrogens with zero attached hydrogens (tertiary/aromatic N) is 1. The summed E-state index contributed by atoms with van der Waals surface area (Å²) in [5, 5.41) is 0. The number of likely N-dealkylation sites (tertiary alicyclic amines) is 1. The van der Waals surface area contributed by atoms with Crippen molar-refractivity contribution in [1.82, 2.24) is 4.90 Å². The fraction of sp³-hybridized carbons (Fsp3) is 0.250. The van der Waals surface area contributed by atoms with Gasteiger partial charge in [0.15, 0.2) is 5.67 Å². The average molecular weight is 377 g/mol. The maximum Gasteiger partial charge on any atom is 0.169 e. The summed E-state index contributed by atoms with van der Waals surface area (Å²) >= 11 is 0. The summed E-state index contributed by atoms with van der Waals surface area (Å²) in [5.41, 5.74) is 1.00. The van der Waals surface area contributed by atoms with Crippen molar-refractivity contribution >= 4 is 0 Å². The predicted molar refractivity (Wildman–Crippen MR) is 109 cm³/mol. The van der Waals surface area contributed by atoms with E-state index < -0.39 is 5.67 Å². The summed E-state index contributed by atoms with van der Waals surface area (Å²) in [6, 6.07) is 27.8. The molecular weight excluding hydrogens is 353 g/mol. The Kier molecular flexibility index (Phi) is 5.31. The van der Waals surface area contributed by atoms with E-state index in [1.54, 1.807) is 19.2 Å². The maximum absolute atomic E-state index is 15.2. The smallest absolute Gasteiger partial charge is 0.169 e. The van der Waals surface area contributed by atoms with Crippen LogP contribution in [-0.4, -0.2) is 37.4 Å². The highest BCUT2D eigenvalue weighted by molar-refractivity contribution is 5.34. The van der Waals surface area contributed by atoms with Crippen LogP contribution in [0.3, 0.4) is 0 Å². The third-order valence-corrected chi connectivity index (χ3v) is 5.13. The van der Waals surface area contributed by atoms with Crippen molar-refractivity contribution in [3.05, 3.63) is 96.1 Å². The van der Waals surface area contributed by atoms with E-state index in [4.69, 9.17) is 9.47 Å². The molecule has 0 saturated carbocycles. The molecule has 0 spiro atoms.